The van der Waals surface area contributed by atoms with Gasteiger partial charge in [-0.25, -0.2) is 0 Å². The summed E-state index contributed by atoms with van der Waals surface area (Å²) in [7, 11) is 0. The zero-order valence-corrected chi connectivity index (χ0v) is 10.3. The number of nitrogens with zero attached hydrogens (tertiary/aromatic N) is 1. The lowest BCUT2D eigenvalue weighted by Gasteiger charge is -2.14. The van der Waals surface area contributed by atoms with Crippen molar-refractivity contribution in [3.63, 3.8) is 0 Å². The highest BCUT2D eigenvalue weighted by Crippen LogP contribution is 2.25. The topological polar surface area (TPSA) is 30.9 Å². The van der Waals surface area contributed by atoms with Crippen molar-refractivity contribution in [2.24, 2.45) is 5.73 Å². The predicted octanol–water partition coefficient (Wildman–Crippen LogP) is 3.03. The van der Waals surface area contributed by atoms with E-state index in [4.69, 9.17) is 5.73 Å². The van der Waals surface area contributed by atoms with Gasteiger partial charge >= 0.3 is 0 Å². The summed E-state index contributed by atoms with van der Waals surface area (Å²) in [6.45, 7) is 7.30. The van der Waals surface area contributed by atoms with E-state index in [1.165, 1.54) is 22.2 Å². The molecule has 2 nitrogen and oxygen atoms in total. The van der Waals surface area contributed by atoms with Crippen LogP contribution in [-0.4, -0.2) is 11.1 Å². The third-order valence-corrected chi connectivity index (χ3v) is 2.99. The molecule has 1 aromatic carbocycles. The second-order valence-electron chi connectivity index (χ2n) is 4.70. The standard InChI is InChI=1S/C14H20N2/c1-10(2)16-13(6-7-15)9-12-5-4-11(3)8-14(12)16/h4-5,8-10H,6-7,15H2,1-3H3. The molecule has 1 aromatic heterocycles. The van der Waals surface area contributed by atoms with Crippen molar-refractivity contribution in [2.75, 3.05) is 6.54 Å². The Hall–Kier alpha value is -1.28. The molecule has 0 radical (unpaired) electrons. The van der Waals surface area contributed by atoms with Crippen molar-refractivity contribution in [2.45, 2.75) is 33.2 Å². The van der Waals surface area contributed by atoms with Crippen molar-refractivity contribution in [3.05, 3.63) is 35.5 Å². The molecule has 0 aliphatic rings. The van der Waals surface area contributed by atoms with E-state index in [-0.39, 0.29) is 0 Å². The van der Waals surface area contributed by atoms with Crippen molar-refractivity contribution >= 4 is 10.9 Å². The molecule has 86 valence electrons. The molecule has 1 heterocycles. The SMILES string of the molecule is Cc1ccc2cc(CCN)n(C(C)C)c2c1. The summed E-state index contributed by atoms with van der Waals surface area (Å²) in [4.78, 5) is 0. The van der Waals surface area contributed by atoms with Crippen LogP contribution in [0, 0.1) is 6.92 Å². The third kappa shape index (κ3) is 1.85. The zero-order chi connectivity index (χ0) is 11.7. The molecule has 0 atom stereocenters. The van der Waals surface area contributed by atoms with Crippen molar-refractivity contribution in [1.82, 2.24) is 4.57 Å². The Morgan fingerprint density at radius 2 is 2.00 bits per heavy atom. The number of aryl methyl sites for hydroxylation is 1. The Morgan fingerprint density at radius 1 is 1.25 bits per heavy atom. The fourth-order valence-electron chi connectivity index (χ4n) is 2.34. The lowest BCUT2D eigenvalue weighted by atomic mass is 10.2. The summed E-state index contributed by atoms with van der Waals surface area (Å²) in [6, 6.07) is 9.38. The largest absolute Gasteiger partial charge is 0.342 e. The van der Waals surface area contributed by atoms with Gasteiger partial charge in [0, 0.05) is 17.3 Å². The van der Waals surface area contributed by atoms with E-state index < -0.39 is 0 Å². The van der Waals surface area contributed by atoms with Crippen LogP contribution in [0.3, 0.4) is 0 Å². The first-order valence-electron chi connectivity index (χ1n) is 5.94. The van der Waals surface area contributed by atoms with Crippen LogP contribution in [0.15, 0.2) is 24.3 Å². The van der Waals surface area contributed by atoms with Gasteiger partial charge in [0.15, 0.2) is 0 Å². The van der Waals surface area contributed by atoms with Crippen LogP contribution in [0.1, 0.15) is 31.1 Å². The first-order valence-corrected chi connectivity index (χ1v) is 5.94. The van der Waals surface area contributed by atoms with Gasteiger partial charge in [-0.05, 0) is 56.8 Å². The quantitative estimate of drug-likeness (QED) is 0.840. The van der Waals surface area contributed by atoms with Gasteiger partial charge in [-0.15, -0.1) is 0 Å². The van der Waals surface area contributed by atoms with E-state index in [1.807, 2.05) is 0 Å². The molecule has 2 rings (SSSR count). The number of hydrogen-bond donors (Lipinski definition) is 1. The van der Waals surface area contributed by atoms with Gasteiger partial charge < -0.3 is 10.3 Å². The molecule has 0 aliphatic carbocycles. The number of benzene rings is 1. The van der Waals surface area contributed by atoms with Gasteiger partial charge in [-0.1, -0.05) is 12.1 Å². The molecule has 16 heavy (non-hydrogen) atoms. The van der Waals surface area contributed by atoms with Crippen LogP contribution in [0.2, 0.25) is 0 Å². The number of nitrogens with two attached hydrogens (primary N) is 1. The lowest BCUT2D eigenvalue weighted by molar-refractivity contribution is 0.594. The van der Waals surface area contributed by atoms with E-state index in [0.717, 1.165) is 6.42 Å². The van der Waals surface area contributed by atoms with Gasteiger partial charge in [-0.2, -0.15) is 0 Å². The maximum absolute atomic E-state index is 5.67. The Labute approximate surface area is 97.1 Å². The van der Waals surface area contributed by atoms with E-state index in [1.54, 1.807) is 0 Å². The average molecular weight is 216 g/mol. The fraction of sp³-hybridized carbons (Fsp3) is 0.429. The van der Waals surface area contributed by atoms with E-state index in [2.05, 4.69) is 49.6 Å². The molecule has 2 heteroatoms. The minimum absolute atomic E-state index is 0.487. The minimum Gasteiger partial charge on any atom is -0.342 e. The molecule has 0 saturated carbocycles. The number of fused-ring (bicyclic) bond motifs is 1. The van der Waals surface area contributed by atoms with Gasteiger partial charge in [0.2, 0.25) is 0 Å². The minimum atomic E-state index is 0.487. The molecule has 0 aliphatic heterocycles. The molecular formula is C14H20N2. The summed E-state index contributed by atoms with van der Waals surface area (Å²) in [5, 5.41) is 1.32. The maximum atomic E-state index is 5.67. The van der Waals surface area contributed by atoms with Gasteiger partial charge in [-0.3, -0.25) is 0 Å². The van der Waals surface area contributed by atoms with E-state index >= 15 is 0 Å². The van der Waals surface area contributed by atoms with Crippen molar-refractivity contribution in [1.29, 1.82) is 0 Å². The fourth-order valence-corrected chi connectivity index (χ4v) is 2.34. The van der Waals surface area contributed by atoms with Crippen LogP contribution in [-0.2, 0) is 6.42 Å². The lowest BCUT2D eigenvalue weighted by Crippen LogP contribution is -2.10. The number of hydrogen-bond acceptors (Lipinski definition) is 1. The second-order valence-corrected chi connectivity index (χ2v) is 4.70. The molecule has 0 spiro atoms. The maximum Gasteiger partial charge on any atom is 0.0487 e. The Balaban J connectivity index is 2.67. The predicted molar refractivity (Wildman–Crippen MR) is 69.8 cm³/mol. The van der Waals surface area contributed by atoms with Crippen LogP contribution in [0.4, 0.5) is 0 Å². The molecular weight excluding hydrogens is 196 g/mol. The summed E-state index contributed by atoms with van der Waals surface area (Å²) in [6.07, 6.45) is 0.950. The first-order chi connectivity index (χ1) is 7.63. The number of aromatic nitrogens is 1. The first kappa shape index (κ1) is 11.2. The molecule has 2 N–H and O–H groups in total. The van der Waals surface area contributed by atoms with Crippen LogP contribution in [0.25, 0.3) is 10.9 Å². The Morgan fingerprint density at radius 3 is 2.62 bits per heavy atom. The highest BCUT2D eigenvalue weighted by atomic mass is 15.0. The Bertz CT molecular complexity index is 495. The highest BCUT2D eigenvalue weighted by molar-refractivity contribution is 5.82. The molecule has 0 unspecified atom stereocenters. The number of rotatable bonds is 3. The third-order valence-electron chi connectivity index (χ3n) is 2.99. The second kappa shape index (κ2) is 4.30. The van der Waals surface area contributed by atoms with Crippen LogP contribution >= 0.6 is 0 Å². The van der Waals surface area contributed by atoms with Crippen molar-refractivity contribution in [3.8, 4) is 0 Å². The summed E-state index contributed by atoms with van der Waals surface area (Å²) >= 11 is 0. The van der Waals surface area contributed by atoms with Gasteiger partial charge in [0.25, 0.3) is 0 Å². The molecule has 0 fully saturated rings. The molecule has 0 amide bonds. The molecule has 2 aromatic rings. The van der Waals surface area contributed by atoms with Crippen LogP contribution < -0.4 is 5.73 Å². The highest BCUT2D eigenvalue weighted by Gasteiger charge is 2.10. The van der Waals surface area contributed by atoms with E-state index in [0.29, 0.717) is 12.6 Å². The molecule has 0 bridgehead atoms. The monoisotopic (exact) mass is 216 g/mol. The van der Waals surface area contributed by atoms with Gasteiger partial charge in [0.1, 0.15) is 0 Å². The average Bonchev–Trinajstić information content (AvgIpc) is 2.55. The van der Waals surface area contributed by atoms with E-state index in [9.17, 15) is 0 Å². The normalized spacial score (nSPS) is 11.6. The Kier molecular flexibility index (Phi) is 3.01. The molecule has 0 saturated heterocycles. The smallest absolute Gasteiger partial charge is 0.0487 e. The van der Waals surface area contributed by atoms with Crippen LogP contribution in [0.5, 0.6) is 0 Å². The summed E-state index contributed by atoms with van der Waals surface area (Å²) in [5.41, 5.74) is 9.66. The zero-order valence-electron chi connectivity index (χ0n) is 10.3. The summed E-state index contributed by atoms with van der Waals surface area (Å²) in [5.74, 6) is 0. The van der Waals surface area contributed by atoms with Gasteiger partial charge in [0.05, 0.1) is 0 Å². The van der Waals surface area contributed by atoms with Crippen molar-refractivity contribution < 1.29 is 0 Å². The summed E-state index contributed by atoms with van der Waals surface area (Å²) < 4.78 is 2.40.